The Morgan fingerprint density at radius 1 is 1.36 bits per heavy atom. The van der Waals surface area contributed by atoms with Crippen molar-refractivity contribution in [3.8, 4) is 0 Å². The van der Waals surface area contributed by atoms with Crippen LogP contribution in [0, 0.1) is 0 Å². The molecule has 0 atom stereocenters. The van der Waals surface area contributed by atoms with Crippen LogP contribution in [0.1, 0.15) is 27.7 Å². The van der Waals surface area contributed by atoms with Crippen molar-refractivity contribution >= 4 is 8.32 Å². The average Bonchev–Trinajstić information content (AvgIpc) is 2.00. The second kappa shape index (κ2) is 4.60. The third-order valence-electron chi connectivity index (χ3n) is 2.57. The van der Waals surface area contributed by atoms with Crippen molar-refractivity contribution < 1.29 is 4.43 Å². The van der Waals surface area contributed by atoms with Crippen LogP contribution in [-0.4, -0.2) is 8.32 Å². The van der Waals surface area contributed by atoms with Gasteiger partial charge in [-0.2, -0.15) is 0 Å². The summed E-state index contributed by atoms with van der Waals surface area (Å²) in [4.78, 5) is 0. The fourth-order valence-corrected chi connectivity index (χ4v) is 4.61. The van der Waals surface area contributed by atoms with Crippen LogP contribution in [0.25, 0.3) is 0 Å². The zero-order valence-corrected chi connectivity index (χ0v) is 9.18. The van der Waals surface area contributed by atoms with Crippen molar-refractivity contribution in [2.24, 2.45) is 0 Å². The van der Waals surface area contributed by atoms with Gasteiger partial charge in [0.2, 0.25) is 0 Å². The van der Waals surface area contributed by atoms with Crippen LogP contribution in [0.4, 0.5) is 0 Å². The smallest absolute Gasteiger partial charge is 0.252 e. The summed E-state index contributed by atoms with van der Waals surface area (Å²) < 4.78 is 5.69. The number of hydrogen-bond acceptors (Lipinski definition) is 1. The van der Waals surface area contributed by atoms with Gasteiger partial charge in [-0.05, 0) is 17.6 Å². The quantitative estimate of drug-likeness (QED) is 0.455. The maximum Gasteiger partial charge on any atom is 0.252 e. The van der Waals surface area contributed by atoms with Crippen molar-refractivity contribution in [1.29, 1.82) is 0 Å². The monoisotopic (exact) mass is 172 g/mol. The maximum atomic E-state index is 5.69. The summed E-state index contributed by atoms with van der Waals surface area (Å²) in [5.41, 5.74) is 0.690. The average molecular weight is 172 g/mol. The second-order valence-electron chi connectivity index (χ2n) is 3.21. The Balaban J connectivity index is 4.31. The van der Waals surface area contributed by atoms with Crippen LogP contribution >= 0.6 is 0 Å². The van der Waals surface area contributed by atoms with Gasteiger partial charge in [-0.25, -0.2) is 0 Å². The molecule has 0 unspecified atom stereocenters. The molecule has 0 rings (SSSR count). The van der Waals surface area contributed by atoms with E-state index in [0.29, 0.717) is 5.54 Å². The first-order valence-corrected chi connectivity index (χ1v) is 6.81. The van der Waals surface area contributed by atoms with Crippen molar-refractivity contribution in [2.75, 3.05) is 0 Å². The van der Waals surface area contributed by atoms with Crippen LogP contribution in [-0.2, 0) is 4.43 Å². The predicted octanol–water partition coefficient (Wildman–Crippen LogP) is 3.54. The highest BCUT2D eigenvalue weighted by Gasteiger charge is 2.35. The van der Waals surface area contributed by atoms with Gasteiger partial charge in [0.1, 0.15) is 0 Å². The van der Waals surface area contributed by atoms with E-state index >= 15 is 0 Å². The molecule has 0 aliphatic rings. The summed E-state index contributed by atoms with van der Waals surface area (Å²) in [7, 11) is -1.44. The highest BCUT2D eigenvalue weighted by Crippen LogP contribution is 2.29. The molecule has 0 amide bonds. The Morgan fingerprint density at radius 2 is 1.82 bits per heavy atom. The minimum absolute atomic E-state index is 0.690. The Bertz CT molecular complexity index is 117. The van der Waals surface area contributed by atoms with Crippen LogP contribution < -0.4 is 0 Å². The molecule has 2 heteroatoms. The van der Waals surface area contributed by atoms with Gasteiger partial charge in [-0.3, -0.25) is 0 Å². The van der Waals surface area contributed by atoms with Gasteiger partial charge in [0.15, 0.2) is 0 Å². The Morgan fingerprint density at radius 3 is 1.91 bits per heavy atom. The van der Waals surface area contributed by atoms with E-state index in [9.17, 15) is 0 Å². The first kappa shape index (κ1) is 10.8. The van der Waals surface area contributed by atoms with Gasteiger partial charge in [-0.1, -0.05) is 34.3 Å². The van der Waals surface area contributed by atoms with Crippen molar-refractivity contribution in [2.45, 2.75) is 45.3 Å². The first-order valence-electron chi connectivity index (χ1n) is 4.41. The molecule has 0 spiro atoms. The zero-order valence-electron chi connectivity index (χ0n) is 8.18. The zero-order chi connectivity index (χ0) is 8.91. The van der Waals surface area contributed by atoms with Crippen molar-refractivity contribution in [3.05, 3.63) is 12.8 Å². The van der Waals surface area contributed by atoms with Crippen molar-refractivity contribution in [1.82, 2.24) is 0 Å². The maximum absolute atomic E-state index is 5.69. The number of rotatable bonds is 5. The lowest BCUT2D eigenvalue weighted by molar-refractivity contribution is 0.446. The highest BCUT2D eigenvalue weighted by molar-refractivity contribution is 6.75. The van der Waals surface area contributed by atoms with Gasteiger partial charge < -0.3 is 4.43 Å². The van der Waals surface area contributed by atoms with Gasteiger partial charge in [0.05, 0.1) is 6.26 Å². The van der Waals surface area contributed by atoms with Gasteiger partial charge in [-0.15, -0.1) is 0 Å². The molecule has 0 bridgehead atoms. The van der Waals surface area contributed by atoms with E-state index < -0.39 is 8.32 Å². The van der Waals surface area contributed by atoms with E-state index in [1.807, 2.05) is 0 Å². The summed E-state index contributed by atoms with van der Waals surface area (Å²) >= 11 is 0. The molecule has 0 aliphatic heterocycles. The molecular weight excluding hydrogens is 152 g/mol. The minimum atomic E-state index is -1.44. The van der Waals surface area contributed by atoms with E-state index in [1.165, 1.54) is 12.1 Å². The molecule has 0 aromatic carbocycles. The molecule has 0 saturated heterocycles. The molecular formula is C9H20OSi. The van der Waals surface area contributed by atoms with E-state index in [0.717, 1.165) is 0 Å². The van der Waals surface area contributed by atoms with Crippen molar-refractivity contribution in [3.63, 3.8) is 0 Å². The standard InChI is InChI=1S/C9H20OSi/c1-6-10-11(7-2,8-3)9(4)5/h6,9H,1,7-8H2,2-5H3. The van der Waals surface area contributed by atoms with E-state index in [2.05, 4.69) is 34.3 Å². The molecule has 0 aromatic rings. The van der Waals surface area contributed by atoms with E-state index in [-0.39, 0.29) is 0 Å². The third kappa shape index (κ3) is 2.36. The van der Waals surface area contributed by atoms with Crippen LogP contribution in [0.5, 0.6) is 0 Å². The lowest BCUT2D eigenvalue weighted by Crippen LogP contribution is -2.38. The Hall–Kier alpha value is -0.243. The number of hydrogen-bond donors (Lipinski definition) is 0. The lowest BCUT2D eigenvalue weighted by Gasteiger charge is -2.31. The molecule has 0 aliphatic carbocycles. The predicted molar refractivity (Wildman–Crippen MR) is 53.1 cm³/mol. The molecule has 11 heavy (non-hydrogen) atoms. The Kier molecular flexibility index (Phi) is 4.50. The summed E-state index contributed by atoms with van der Waals surface area (Å²) in [5, 5.41) is 0. The summed E-state index contributed by atoms with van der Waals surface area (Å²) in [6.07, 6.45) is 1.62. The SMILES string of the molecule is C=CO[Si](CC)(CC)C(C)C. The normalized spacial score (nSPS) is 11.7. The highest BCUT2D eigenvalue weighted by atomic mass is 28.4. The third-order valence-corrected chi connectivity index (χ3v) is 7.70. The summed E-state index contributed by atoms with van der Waals surface area (Å²) in [5.74, 6) is 0. The minimum Gasteiger partial charge on any atom is -0.549 e. The van der Waals surface area contributed by atoms with Gasteiger partial charge in [0, 0.05) is 0 Å². The topological polar surface area (TPSA) is 9.23 Å². The van der Waals surface area contributed by atoms with E-state index in [4.69, 9.17) is 4.43 Å². The molecule has 0 heterocycles. The van der Waals surface area contributed by atoms with Crippen LogP contribution in [0.3, 0.4) is 0 Å². The lowest BCUT2D eigenvalue weighted by atomic mass is 10.6. The molecule has 0 radical (unpaired) electrons. The fourth-order valence-electron chi connectivity index (χ4n) is 1.54. The summed E-state index contributed by atoms with van der Waals surface area (Å²) in [6, 6.07) is 2.38. The van der Waals surface area contributed by atoms with Gasteiger partial charge in [0.25, 0.3) is 8.32 Å². The molecule has 1 nitrogen and oxygen atoms in total. The second-order valence-corrected chi connectivity index (χ2v) is 8.15. The van der Waals surface area contributed by atoms with Crippen LogP contribution in [0.15, 0.2) is 12.8 Å². The van der Waals surface area contributed by atoms with Gasteiger partial charge >= 0.3 is 0 Å². The molecule has 0 aromatic heterocycles. The molecule has 0 saturated carbocycles. The first-order chi connectivity index (χ1) is 5.13. The molecule has 66 valence electrons. The molecule has 0 N–H and O–H groups in total. The summed E-state index contributed by atoms with van der Waals surface area (Å²) in [6.45, 7) is 12.6. The fraction of sp³-hybridized carbons (Fsp3) is 0.778. The van der Waals surface area contributed by atoms with E-state index in [1.54, 1.807) is 6.26 Å². The largest absolute Gasteiger partial charge is 0.549 e. The molecule has 0 fully saturated rings. The Labute approximate surface area is 71.6 Å². The van der Waals surface area contributed by atoms with Crippen LogP contribution in [0.2, 0.25) is 17.6 Å².